The molecule has 0 aliphatic carbocycles. The Labute approximate surface area is 102 Å². The van der Waals surface area contributed by atoms with Crippen molar-refractivity contribution >= 4 is 0 Å². The van der Waals surface area contributed by atoms with Crippen LogP contribution < -0.4 is 5.32 Å². The van der Waals surface area contributed by atoms with Gasteiger partial charge in [0.15, 0.2) is 0 Å². The van der Waals surface area contributed by atoms with E-state index in [9.17, 15) is 0 Å². The first-order valence-electron chi connectivity index (χ1n) is 6.01. The Morgan fingerprint density at radius 1 is 1.29 bits per heavy atom. The van der Waals surface area contributed by atoms with Crippen molar-refractivity contribution in [2.75, 3.05) is 7.05 Å². The fourth-order valence-corrected chi connectivity index (χ4v) is 2.27. The van der Waals surface area contributed by atoms with Gasteiger partial charge in [0, 0.05) is 13.2 Å². The molecule has 2 aromatic rings. The Balaban J connectivity index is 2.46. The molecule has 1 atom stereocenters. The summed E-state index contributed by atoms with van der Waals surface area (Å²) in [5.41, 5.74) is 3.91. The molecule has 1 heterocycles. The topological polar surface area (TPSA) is 29.9 Å². The Morgan fingerprint density at radius 3 is 2.65 bits per heavy atom. The van der Waals surface area contributed by atoms with Gasteiger partial charge in [-0.15, -0.1) is 0 Å². The van der Waals surface area contributed by atoms with Gasteiger partial charge in [0.1, 0.15) is 0 Å². The van der Waals surface area contributed by atoms with Crippen LogP contribution in [0.2, 0.25) is 0 Å². The fourth-order valence-electron chi connectivity index (χ4n) is 2.27. The SMILES string of the molecule is CCc1ccccc1C(NC)c1ccnn1C. The highest BCUT2D eigenvalue weighted by atomic mass is 15.3. The lowest BCUT2D eigenvalue weighted by Gasteiger charge is -2.20. The maximum Gasteiger partial charge on any atom is 0.0748 e. The molecule has 3 nitrogen and oxygen atoms in total. The highest BCUT2D eigenvalue weighted by Crippen LogP contribution is 2.24. The molecule has 0 fully saturated rings. The Bertz CT molecular complexity index is 488. The van der Waals surface area contributed by atoms with Gasteiger partial charge < -0.3 is 5.32 Å². The zero-order chi connectivity index (χ0) is 12.3. The number of nitrogens with one attached hydrogen (secondary N) is 1. The van der Waals surface area contributed by atoms with Gasteiger partial charge >= 0.3 is 0 Å². The molecule has 1 aromatic carbocycles. The van der Waals surface area contributed by atoms with Crippen LogP contribution in [0.3, 0.4) is 0 Å². The van der Waals surface area contributed by atoms with Crippen molar-refractivity contribution < 1.29 is 0 Å². The van der Waals surface area contributed by atoms with Crippen molar-refractivity contribution in [3.63, 3.8) is 0 Å². The molecule has 0 saturated heterocycles. The molecule has 0 aliphatic rings. The van der Waals surface area contributed by atoms with Crippen molar-refractivity contribution in [2.45, 2.75) is 19.4 Å². The first-order valence-corrected chi connectivity index (χ1v) is 6.01. The van der Waals surface area contributed by atoms with Gasteiger partial charge in [0.2, 0.25) is 0 Å². The third kappa shape index (κ3) is 2.24. The minimum absolute atomic E-state index is 0.207. The molecule has 90 valence electrons. The second kappa shape index (κ2) is 5.15. The van der Waals surface area contributed by atoms with Crippen molar-refractivity contribution in [3.05, 3.63) is 53.3 Å². The molecular weight excluding hydrogens is 210 g/mol. The number of hydrogen-bond donors (Lipinski definition) is 1. The molecule has 1 aromatic heterocycles. The van der Waals surface area contributed by atoms with Gasteiger partial charge in [-0.25, -0.2) is 0 Å². The quantitative estimate of drug-likeness (QED) is 0.871. The Morgan fingerprint density at radius 2 is 2.06 bits per heavy atom. The smallest absolute Gasteiger partial charge is 0.0748 e. The third-order valence-corrected chi connectivity index (χ3v) is 3.19. The molecule has 2 rings (SSSR count). The van der Waals surface area contributed by atoms with Crippen molar-refractivity contribution in [2.24, 2.45) is 7.05 Å². The molecular formula is C14H19N3. The molecule has 1 unspecified atom stereocenters. The standard InChI is InChI=1S/C14H19N3/c1-4-11-7-5-6-8-12(11)14(15-2)13-9-10-16-17(13)3/h5-10,14-15H,4H2,1-3H3. The van der Waals surface area contributed by atoms with Crippen molar-refractivity contribution in [1.82, 2.24) is 15.1 Å². The minimum Gasteiger partial charge on any atom is -0.308 e. The van der Waals surface area contributed by atoms with Crippen LogP contribution in [0.25, 0.3) is 0 Å². The zero-order valence-corrected chi connectivity index (χ0v) is 10.6. The average Bonchev–Trinajstić information content (AvgIpc) is 2.78. The van der Waals surface area contributed by atoms with E-state index in [4.69, 9.17) is 0 Å². The number of hydrogen-bond acceptors (Lipinski definition) is 2. The Hall–Kier alpha value is -1.61. The van der Waals surface area contributed by atoms with Crippen LogP contribution in [-0.2, 0) is 13.5 Å². The zero-order valence-electron chi connectivity index (χ0n) is 10.6. The van der Waals surface area contributed by atoms with E-state index in [0.29, 0.717) is 0 Å². The van der Waals surface area contributed by atoms with Gasteiger partial charge in [0.25, 0.3) is 0 Å². The van der Waals surface area contributed by atoms with E-state index in [2.05, 4.69) is 47.7 Å². The van der Waals surface area contributed by atoms with Crippen molar-refractivity contribution in [1.29, 1.82) is 0 Å². The molecule has 0 amide bonds. The van der Waals surface area contributed by atoms with E-state index >= 15 is 0 Å². The van der Waals surface area contributed by atoms with Gasteiger partial charge in [-0.2, -0.15) is 5.10 Å². The van der Waals surface area contributed by atoms with Crippen molar-refractivity contribution in [3.8, 4) is 0 Å². The van der Waals surface area contributed by atoms with Crippen LogP contribution in [0.4, 0.5) is 0 Å². The average molecular weight is 229 g/mol. The van der Waals surface area contributed by atoms with Crippen LogP contribution in [0.1, 0.15) is 29.8 Å². The van der Waals surface area contributed by atoms with Gasteiger partial charge in [-0.3, -0.25) is 4.68 Å². The number of aromatic nitrogens is 2. The second-order valence-electron chi connectivity index (χ2n) is 4.15. The number of aryl methyl sites for hydroxylation is 2. The third-order valence-electron chi connectivity index (χ3n) is 3.19. The van der Waals surface area contributed by atoms with Crippen LogP contribution in [-0.4, -0.2) is 16.8 Å². The maximum atomic E-state index is 4.24. The number of rotatable bonds is 4. The summed E-state index contributed by atoms with van der Waals surface area (Å²) in [6, 6.07) is 10.8. The van der Waals surface area contributed by atoms with Crippen LogP contribution in [0.15, 0.2) is 36.5 Å². The van der Waals surface area contributed by atoms with E-state index in [1.807, 2.05) is 25.0 Å². The number of nitrogens with zero attached hydrogens (tertiary/aromatic N) is 2. The summed E-state index contributed by atoms with van der Waals surface area (Å²) >= 11 is 0. The summed E-state index contributed by atoms with van der Waals surface area (Å²) in [6.07, 6.45) is 2.89. The predicted octanol–water partition coefficient (Wildman–Crippen LogP) is 2.29. The molecule has 1 N–H and O–H groups in total. The molecule has 0 bridgehead atoms. The molecule has 0 radical (unpaired) electrons. The molecule has 0 spiro atoms. The molecule has 0 aliphatic heterocycles. The van der Waals surface area contributed by atoms with Gasteiger partial charge in [0.05, 0.1) is 11.7 Å². The van der Waals surface area contributed by atoms with Gasteiger partial charge in [-0.1, -0.05) is 31.2 Å². The summed E-state index contributed by atoms with van der Waals surface area (Å²) < 4.78 is 1.92. The van der Waals surface area contributed by atoms with Gasteiger partial charge in [-0.05, 0) is 30.7 Å². The predicted molar refractivity (Wildman–Crippen MR) is 69.9 cm³/mol. The summed E-state index contributed by atoms with van der Waals surface area (Å²) in [6.45, 7) is 2.19. The monoisotopic (exact) mass is 229 g/mol. The van der Waals surface area contributed by atoms with E-state index in [0.717, 1.165) is 6.42 Å². The fraction of sp³-hybridized carbons (Fsp3) is 0.357. The van der Waals surface area contributed by atoms with E-state index in [1.54, 1.807) is 0 Å². The summed E-state index contributed by atoms with van der Waals surface area (Å²) in [4.78, 5) is 0. The largest absolute Gasteiger partial charge is 0.308 e. The summed E-state index contributed by atoms with van der Waals surface area (Å²) in [5.74, 6) is 0. The lowest BCUT2D eigenvalue weighted by Crippen LogP contribution is -2.21. The van der Waals surface area contributed by atoms with Crippen LogP contribution >= 0.6 is 0 Å². The highest BCUT2D eigenvalue weighted by Gasteiger charge is 2.17. The Kier molecular flexibility index (Phi) is 3.59. The minimum atomic E-state index is 0.207. The molecule has 0 saturated carbocycles. The highest BCUT2D eigenvalue weighted by molar-refractivity contribution is 5.35. The number of benzene rings is 1. The van der Waals surface area contributed by atoms with E-state index in [1.165, 1.54) is 16.8 Å². The molecule has 17 heavy (non-hydrogen) atoms. The second-order valence-corrected chi connectivity index (χ2v) is 4.15. The first kappa shape index (κ1) is 11.9. The normalized spacial score (nSPS) is 12.6. The first-order chi connectivity index (χ1) is 8.27. The summed E-state index contributed by atoms with van der Waals surface area (Å²) in [5, 5.41) is 7.62. The van der Waals surface area contributed by atoms with E-state index < -0.39 is 0 Å². The van der Waals surface area contributed by atoms with Crippen LogP contribution in [0, 0.1) is 0 Å². The molecule has 3 heteroatoms. The van der Waals surface area contributed by atoms with E-state index in [-0.39, 0.29) is 6.04 Å². The van der Waals surface area contributed by atoms with Crippen LogP contribution in [0.5, 0.6) is 0 Å². The lowest BCUT2D eigenvalue weighted by atomic mass is 9.96. The maximum absolute atomic E-state index is 4.24. The lowest BCUT2D eigenvalue weighted by molar-refractivity contribution is 0.602. The summed E-state index contributed by atoms with van der Waals surface area (Å²) in [7, 11) is 3.97.